The Bertz CT molecular complexity index is 696. The van der Waals surface area contributed by atoms with Crippen molar-refractivity contribution in [3.63, 3.8) is 0 Å². The smallest absolute Gasteiger partial charge is 0.310 e. The minimum atomic E-state index is -1.10. The van der Waals surface area contributed by atoms with Gasteiger partial charge in [-0.15, -0.1) is 0 Å². The number of rotatable bonds is 4. The maximum Gasteiger partial charge on any atom is 0.310 e. The summed E-state index contributed by atoms with van der Waals surface area (Å²) in [5.74, 6) is -1.59. The Morgan fingerprint density at radius 2 is 1.65 bits per heavy atom. The Morgan fingerprint density at radius 3 is 2.13 bits per heavy atom. The molecule has 0 aliphatic carbocycles. The Labute approximate surface area is 134 Å². The summed E-state index contributed by atoms with van der Waals surface area (Å²) in [6.07, 6.45) is 0. The van der Waals surface area contributed by atoms with Crippen molar-refractivity contribution in [1.29, 1.82) is 0 Å². The van der Waals surface area contributed by atoms with Crippen molar-refractivity contribution in [2.24, 2.45) is 0 Å². The number of carboxylic acid groups (broad SMARTS) is 2. The van der Waals surface area contributed by atoms with Gasteiger partial charge in [0, 0.05) is 0 Å². The van der Waals surface area contributed by atoms with E-state index < -0.39 is 23.9 Å². The number of hydrogen-bond donors (Lipinski definition) is 2. The molecule has 0 amide bonds. The lowest BCUT2D eigenvalue weighted by Crippen LogP contribution is -2.66. The first-order chi connectivity index (χ1) is 10.8. The number of methoxy groups -OCH3 is 1. The summed E-state index contributed by atoms with van der Waals surface area (Å²) >= 11 is 0. The molecule has 2 aromatic carbocycles. The van der Waals surface area contributed by atoms with Crippen LogP contribution in [0, 0.1) is 0 Å². The minimum absolute atomic E-state index is 0.485. The molecular formula is C17H21NO5. The molecule has 6 nitrogen and oxygen atoms in total. The van der Waals surface area contributed by atoms with E-state index in [0.29, 0.717) is 0 Å². The van der Waals surface area contributed by atoms with Crippen LogP contribution in [0.1, 0.15) is 25.3 Å². The first-order valence-electron chi connectivity index (χ1n) is 7.10. The van der Waals surface area contributed by atoms with E-state index in [-0.39, 0.29) is 0 Å². The number of quaternary nitrogens is 1. The van der Waals surface area contributed by atoms with Crippen LogP contribution in [0.25, 0.3) is 10.8 Å². The van der Waals surface area contributed by atoms with E-state index in [1.807, 2.05) is 36.4 Å². The minimum Gasteiger partial charge on any atom is -0.544 e. The molecule has 0 saturated carbocycles. The largest absolute Gasteiger partial charge is 0.544 e. The molecule has 0 spiro atoms. The second-order valence-electron chi connectivity index (χ2n) is 5.25. The molecular weight excluding hydrogens is 298 g/mol. The standard InChI is InChI=1S/C14H14O3.C3H7NO2/c1-9(14(15)16)10-3-4-12-8-13(17-2)6-5-11(12)7-10;1-2(4)3(5)6/h3-9H,1-2H3,(H,15,16);2H,4H2,1H3,(H,5,6)/t9-;2-/m00/s1. The van der Waals surface area contributed by atoms with Crippen molar-refractivity contribution < 1.29 is 30.3 Å². The molecule has 6 heteroatoms. The number of carbonyl (C=O) groups is 2. The van der Waals surface area contributed by atoms with Gasteiger partial charge in [-0.3, -0.25) is 4.79 Å². The summed E-state index contributed by atoms with van der Waals surface area (Å²) in [4.78, 5) is 20.4. The summed E-state index contributed by atoms with van der Waals surface area (Å²) in [6, 6.07) is 10.8. The average Bonchev–Trinajstić information content (AvgIpc) is 2.53. The van der Waals surface area contributed by atoms with Gasteiger partial charge in [0.05, 0.1) is 19.0 Å². The Hall–Kier alpha value is -2.60. The van der Waals surface area contributed by atoms with Gasteiger partial charge in [-0.2, -0.15) is 0 Å². The zero-order chi connectivity index (χ0) is 17.6. The highest BCUT2D eigenvalue weighted by Crippen LogP contribution is 2.25. The third-order valence-corrected chi connectivity index (χ3v) is 3.34. The number of fused-ring (bicyclic) bond motifs is 1. The lowest BCUT2D eigenvalue weighted by atomic mass is 9.98. The number of ether oxygens (including phenoxy) is 1. The van der Waals surface area contributed by atoms with Crippen LogP contribution in [-0.4, -0.2) is 30.2 Å². The van der Waals surface area contributed by atoms with E-state index in [2.05, 4.69) is 5.73 Å². The van der Waals surface area contributed by atoms with Gasteiger partial charge in [0.15, 0.2) is 0 Å². The van der Waals surface area contributed by atoms with Gasteiger partial charge in [0.1, 0.15) is 11.8 Å². The molecule has 0 fully saturated rings. The Morgan fingerprint density at radius 1 is 1.13 bits per heavy atom. The van der Waals surface area contributed by atoms with Crippen LogP contribution >= 0.6 is 0 Å². The summed E-state index contributed by atoms with van der Waals surface area (Å²) in [7, 11) is 1.63. The van der Waals surface area contributed by atoms with E-state index in [1.54, 1.807) is 14.0 Å². The predicted molar refractivity (Wildman–Crippen MR) is 83.9 cm³/mol. The van der Waals surface area contributed by atoms with Gasteiger partial charge in [-0.25, -0.2) is 0 Å². The normalized spacial score (nSPS) is 12.7. The molecule has 0 radical (unpaired) electrons. The first-order valence-corrected chi connectivity index (χ1v) is 7.10. The summed E-state index contributed by atoms with van der Waals surface area (Å²) in [6.45, 7) is 3.16. The van der Waals surface area contributed by atoms with Gasteiger partial charge in [0.2, 0.25) is 0 Å². The first kappa shape index (κ1) is 18.4. The summed E-state index contributed by atoms with van der Waals surface area (Å²) < 4.78 is 5.14. The highest BCUT2D eigenvalue weighted by molar-refractivity contribution is 5.86. The second-order valence-corrected chi connectivity index (χ2v) is 5.25. The summed E-state index contributed by atoms with van der Waals surface area (Å²) in [5, 5.41) is 20.6. The molecule has 124 valence electrons. The van der Waals surface area contributed by atoms with Crippen LogP contribution in [0.3, 0.4) is 0 Å². The molecule has 0 aromatic heterocycles. The lowest BCUT2D eigenvalue weighted by Gasteiger charge is -2.08. The van der Waals surface area contributed by atoms with Crippen LogP contribution in [0.2, 0.25) is 0 Å². The van der Waals surface area contributed by atoms with Crippen molar-refractivity contribution in [3.8, 4) is 5.75 Å². The van der Waals surface area contributed by atoms with Gasteiger partial charge in [-0.05, 0) is 42.3 Å². The fourth-order valence-electron chi connectivity index (χ4n) is 1.78. The van der Waals surface area contributed by atoms with Gasteiger partial charge >= 0.3 is 5.97 Å². The maximum absolute atomic E-state index is 10.9. The van der Waals surface area contributed by atoms with Crippen LogP contribution in [-0.2, 0) is 9.59 Å². The molecule has 4 N–H and O–H groups in total. The maximum atomic E-state index is 10.9. The number of carbonyl (C=O) groups excluding carboxylic acids is 1. The highest BCUT2D eigenvalue weighted by Gasteiger charge is 2.13. The SMILES string of the molecule is COc1ccc2cc([C@H](C)C(=O)O)ccc2c1.C[C@H]([NH3+])C(=O)[O-]. The molecule has 23 heavy (non-hydrogen) atoms. The van der Waals surface area contributed by atoms with E-state index in [1.165, 1.54) is 6.92 Å². The zero-order valence-electron chi connectivity index (χ0n) is 13.4. The Balaban J connectivity index is 0.000000379. The summed E-state index contributed by atoms with van der Waals surface area (Å²) in [5.41, 5.74) is 3.99. The van der Waals surface area contributed by atoms with Gasteiger partial charge < -0.3 is 25.5 Å². The third-order valence-electron chi connectivity index (χ3n) is 3.34. The van der Waals surface area contributed by atoms with Crippen molar-refractivity contribution in [2.45, 2.75) is 25.8 Å². The fraction of sp³-hybridized carbons (Fsp3) is 0.294. The molecule has 0 aliphatic heterocycles. The van der Waals surface area contributed by atoms with E-state index in [4.69, 9.17) is 9.84 Å². The van der Waals surface area contributed by atoms with Crippen molar-refractivity contribution in [3.05, 3.63) is 42.0 Å². The van der Waals surface area contributed by atoms with Crippen molar-refractivity contribution in [1.82, 2.24) is 0 Å². The zero-order valence-corrected chi connectivity index (χ0v) is 13.4. The number of benzene rings is 2. The molecule has 0 aliphatic rings. The van der Waals surface area contributed by atoms with Gasteiger partial charge in [-0.1, -0.05) is 24.3 Å². The number of hydrogen-bond acceptors (Lipinski definition) is 4. The lowest BCUT2D eigenvalue weighted by molar-refractivity contribution is -0.432. The number of aliphatic carboxylic acids is 2. The van der Waals surface area contributed by atoms with E-state index in [0.717, 1.165) is 22.1 Å². The molecule has 0 saturated heterocycles. The number of carboxylic acids is 2. The third kappa shape index (κ3) is 5.27. The van der Waals surface area contributed by atoms with Crippen LogP contribution in [0.5, 0.6) is 5.75 Å². The van der Waals surface area contributed by atoms with Crippen LogP contribution in [0.15, 0.2) is 36.4 Å². The molecule has 2 rings (SSSR count). The van der Waals surface area contributed by atoms with Crippen molar-refractivity contribution >= 4 is 22.7 Å². The molecule has 0 bridgehead atoms. The predicted octanol–water partition coefficient (Wildman–Crippen LogP) is 0.403. The highest BCUT2D eigenvalue weighted by atomic mass is 16.5. The quantitative estimate of drug-likeness (QED) is 0.847. The Kier molecular flexibility index (Phi) is 6.53. The van der Waals surface area contributed by atoms with Crippen molar-refractivity contribution in [2.75, 3.05) is 7.11 Å². The van der Waals surface area contributed by atoms with Gasteiger partial charge in [0.25, 0.3) is 0 Å². The monoisotopic (exact) mass is 319 g/mol. The van der Waals surface area contributed by atoms with E-state index in [9.17, 15) is 14.7 Å². The van der Waals surface area contributed by atoms with E-state index >= 15 is 0 Å². The molecule has 2 atom stereocenters. The second kappa shape index (κ2) is 8.14. The fourth-order valence-corrected chi connectivity index (χ4v) is 1.78. The average molecular weight is 319 g/mol. The van der Waals surface area contributed by atoms with Crippen LogP contribution in [0.4, 0.5) is 0 Å². The topological polar surface area (TPSA) is 114 Å². The molecule has 0 unspecified atom stereocenters. The van der Waals surface area contributed by atoms with Crippen LogP contribution < -0.4 is 15.6 Å². The molecule has 2 aromatic rings. The molecule has 0 heterocycles.